The molecule has 0 heterocycles. The Labute approximate surface area is 129 Å². The zero-order chi connectivity index (χ0) is 15.4. The molecule has 0 aromatic heterocycles. The largest absolute Gasteiger partial charge is 0.489 e. The van der Waals surface area contributed by atoms with E-state index >= 15 is 0 Å². The molecule has 0 fully saturated rings. The summed E-state index contributed by atoms with van der Waals surface area (Å²) >= 11 is 5.67. The molecule has 2 rings (SSSR count). The van der Waals surface area contributed by atoms with Gasteiger partial charge < -0.3 is 10.5 Å². The Morgan fingerprint density at radius 3 is 2.67 bits per heavy atom. The first-order valence-electron chi connectivity index (χ1n) is 6.87. The molecule has 2 nitrogen and oxygen atoms in total. The van der Waals surface area contributed by atoms with Crippen molar-refractivity contribution < 1.29 is 9.13 Å². The lowest BCUT2D eigenvalue weighted by Crippen LogP contribution is -2.18. The number of hydrogen-bond donors (Lipinski definition) is 1. The Morgan fingerprint density at radius 2 is 2.00 bits per heavy atom. The van der Waals surface area contributed by atoms with E-state index in [0.29, 0.717) is 6.61 Å². The molecular weight excluding hydrogens is 289 g/mol. The molecule has 0 radical (unpaired) electrons. The van der Waals surface area contributed by atoms with E-state index in [4.69, 9.17) is 22.1 Å². The third-order valence-electron chi connectivity index (χ3n) is 3.14. The zero-order valence-electron chi connectivity index (χ0n) is 12.2. The highest BCUT2D eigenvalue weighted by atomic mass is 35.5. The van der Waals surface area contributed by atoms with Crippen molar-refractivity contribution in [2.45, 2.75) is 32.9 Å². The van der Waals surface area contributed by atoms with Crippen LogP contribution in [-0.2, 0) is 13.0 Å². The van der Waals surface area contributed by atoms with Gasteiger partial charge in [-0.1, -0.05) is 35.4 Å². The number of benzene rings is 2. The minimum absolute atomic E-state index is 0.0575. The third kappa shape index (κ3) is 4.45. The van der Waals surface area contributed by atoms with Crippen LogP contribution in [0.1, 0.15) is 23.6 Å². The van der Waals surface area contributed by atoms with Crippen molar-refractivity contribution >= 4 is 11.6 Å². The highest BCUT2D eigenvalue weighted by molar-refractivity contribution is 6.30. The van der Waals surface area contributed by atoms with E-state index in [1.807, 2.05) is 26.0 Å². The topological polar surface area (TPSA) is 35.2 Å². The Balaban J connectivity index is 2.13. The Hall–Kier alpha value is -1.58. The van der Waals surface area contributed by atoms with Gasteiger partial charge in [0.25, 0.3) is 0 Å². The lowest BCUT2D eigenvalue weighted by atomic mass is 10.0. The molecule has 2 N–H and O–H groups in total. The van der Waals surface area contributed by atoms with Crippen molar-refractivity contribution in [3.63, 3.8) is 0 Å². The molecule has 0 bridgehead atoms. The molecule has 0 aliphatic rings. The van der Waals surface area contributed by atoms with Crippen LogP contribution in [0.5, 0.6) is 5.75 Å². The molecule has 0 amide bonds. The van der Waals surface area contributed by atoms with Gasteiger partial charge in [-0.25, -0.2) is 4.39 Å². The van der Waals surface area contributed by atoms with Crippen LogP contribution in [0.4, 0.5) is 4.39 Å². The van der Waals surface area contributed by atoms with Crippen molar-refractivity contribution in [3.05, 3.63) is 63.9 Å². The molecule has 1 unspecified atom stereocenters. The summed E-state index contributed by atoms with van der Waals surface area (Å²) in [6, 6.07) is 10.7. The van der Waals surface area contributed by atoms with Gasteiger partial charge in [-0.2, -0.15) is 0 Å². The molecule has 0 saturated heterocycles. The normalized spacial score (nSPS) is 12.2. The lowest BCUT2D eigenvalue weighted by molar-refractivity contribution is 0.301. The fraction of sp³-hybridized carbons (Fsp3) is 0.294. The summed E-state index contributed by atoms with van der Waals surface area (Å²) in [5.74, 6) is 0.353. The van der Waals surface area contributed by atoms with E-state index in [1.165, 1.54) is 12.1 Å². The molecule has 0 spiro atoms. The number of aryl methyl sites for hydroxylation is 1. The van der Waals surface area contributed by atoms with Crippen LogP contribution in [0, 0.1) is 12.7 Å². The van der Waals surface area contributed by atoms with Crippen molar-refractivity contribution in [1.82, 2.24) is 0 Å². The number of ether oxygens (including phenoxy) is 1. The predicted octanol–water partition coefficient (Wildman–Crippen LogP) is 4.26. The van der Waals surface area contributed by atoms with E-state index in [-0.39, 0.29) is 11.1 Å². The summed E-state index contributed by atoms with van der Waals surface area (Å²) in [6.45, 7) is 4.28. The number of rotatable bonds is 5. The number of halogens is 2. The molecule has 1 atom stereocenters. The van der Waals surface area contributed by atoms with Gasteiger partial charge in [0.1, 0.15) is 18.2 Å². The Kier molecular flexibility index (Phi) is 5.21. The summed E-state index contributed by atoms with van der Waals surface area (Å²) in [5.41, 5.74) is 8.84. The first kappa shape index (κ1) is 15.8. The van der Waals surface area contributed by atoms with Crippen molar-refractivity contribution in [2.24, 2.45) is 5.73 Å². The first-order chi connectivity index (χ1) is 9.95. The minimum atomic E-state index is -0.433. The van der Waals surface area contributed by atoms with Gasteiger partial charge >= 0.3 is 0 Å². The molecule has 2 aromatic rings. The van der Waals surface area contributed by atoms with E-state index in [1.54, 1.807) is 6.07 Å². The quantitative estimate of drug-likeness (QED) is 0.896. The van der Waals surface area contributed by atoms with E-state index in [9.17, 15) is 4.39 Å². The highest BCUT2D eigenvalue weighted by Gasteiger charge is 2.08. The summed E-state index contributed by atoms with van der Waals surface area (Å²) < 4.78 is 19.2. The second-order valence-electron chi connectivity index (χ2n) is 5.33. The monoisotopic (exact) mass is 307 g/mol. The van der Waals surface area contributed by atoms with Crippen LogP contribution in [-0.4, -0.2) is 6.04 Å². The second kappa shape index (κ2) is 6.92. The minimum Gasteiger partial charge on any atom is -0.489 e. The number of nitrogens with two attached hydrogens (primary N) is 1. The molecule has 112 valence electrons. The summed E-state index contributed by atoms with van der Waals surface area (Å²) in [6.07, 6.45) is 0.742. The van der Waals surface area contributed by atoms with E-state index < -0.39 is 5.82 Å². The smallest absolute Gasteiger partial charge is 0.142 e. The van der Waals surface area contributed by atoms with Crippen LogP contribution in [0.3, 0.4) is 0 Å². The maximum atomic E-state index is 13.4. The van der Waals surface area contributed by atoms with Crippen molar-refractivity contribution in [1.29, 1.82) is 0 Å². The third-order valence-corrected chi connectivity index (χ3v) is 3.44. The molecule has 0 saturated carbocycles. The van der Waals surface area contributed by atoms with Crippen LogP contribution in [0.15, 0.2) is 36.4 Å². The van der Waals surface area contributed by atoms with Gasteiger partial charge in [-0.05, 0) is 49.6 Å². The summed E-state index contributed by atoms with van der Waals surface area (Å²) in [5, 5.41) is 0.117. The average Bonchev–Trinajstić information content (AvgIpc) is 2.41. The lowest BCUT2D eigenvalue weighted by Gasteiger charge is -2.14. The van der Waals surface area contributed by atoms with Crippen molar-refractivity contribution in [2.75, 3.05) is 0 Å². The molecule has 2 aromatic carbocycles. The van der Waals surface area contributed by atoms with Crippen LogP contribution >= 0.6 is 11.6 Å². The first-order valence-corrected chi connectivity index (χ1v) is 7.25. The molecule has 4 heteroatoms. The van der Waals surface area contributed by atoms with Crippen molar-refractivity contribution in [3.8, 4) is 5.75 Å². The van der Waals surface area contributed by atoms with Crippen LogP contribution in [0.2, 0.25) is 5.02 Å². The second-order valence-corrected chi connectivity index (χ2v) is 5.74. The van der Waals surface area contributed by atoms with Gasteiger partial charge in [0, 0.05) is 6.04 Å². The maximum absolute atomic E-state index is 13.4. The summed E-state index contributed by atoms with van der Waals surface area (Å²) in [4.78, 5) is 0. The SMILES string of the molecule is Cc1ccc(OCc2ccc(Cl)c(F)c2)c(CC(C)N)c1. The fourth-order valence-electron chi connectivity index (χ4n) is 2.15. The Bertz CT molecular complexity index is 628. The van der Waals surface area contributed by atoms with Crippen LogP contribution in [0.25, 0.3) is 0 Å². The Morgan fingerprint density at radius 1 is 1.24 bits per heavy atom. The van der Waals surface area contributed by atoms with Gasteiger partial charge in [0.15, 0.2) is 0 Å². The van der Waals surface area contributed by atoms with E-state index in [2.05, 4.69) is 6.07 Å². The van der Waals surface area contributed by atoms with Crippen LogP contribution < -0.4 is 10.5 Å². The molecule has 0 aliphatic heterocycles. The highest BCUT2D eigenvalue weighted by Crippen LogP contribution is 2.23. The maximum Gasteiger partial charge on any atom is 0.142 e. The van der Waals surface area contributed by atoms with Gasteiger partial charge in [0.2, 0.25) is 0 Å². The zero-order valence-corrected chi connectivity index (χ0v) is 13.0. The van der Waals surface area contributed by atoms with E-state index in [0.717, 1.165) is 28.9 Å². The molecule has 0 aliphatic carbocycles. The average molecular weight is 308 g/mol. The van der Waals surface area contributed by atoms with Gasteiger partial charge in [-0.15, -0.1) is 0 Å². The summed E-state index contributed by atoms with van der Waals surface area (Å²) in [7, 11) is 0. The standard InChI is InChI=1S/C17H19ClFNO/c1-11-3-6-17(14(7-11)8-12(2)20)21-10-13-4-5-15(18)16(19)9-13/h3-7,9,12H,8,10,20H2,1-2H3. The molecule has 21 heavy (non-hydrogen) atoms. The van der Waals surface area contributed by atoms with Gasteiger partial charge in [-0.3, -0.25) is 0 Å². The number of hydrogen-bond acceptors (Lipinski definition) is 2. The predicted molar refractivity (Wildman–Crippen MR) is 84.3 cm³/mol. The fourth-order valence-corrected chi connectivity index (χ4v) is 2.26. The van der Waals surface area contributed by atoms with Gasteiger partial charge in [0.05, 0.1) is 5.02 Å². The molecular formula is C17H19ClFNO.